The van der Waals surface area contributed by atoms with Crippen molar-refractivity contribution >= 4 is 32.5 Å². The quantitative estimate of drug-likeness (QED) is 0.594. The minimum Gasteiger partial charge on any atom is -0.334 e. The van der Waals surface area contributed by atoms with Gasteiger partial charge < -0.3 is 14.8 Å². The van der Waals surface area contributed by atoms with E-state index in [0.717, 1.165) is 16.6 Å². The molecule has 0 unspecified atom stereocenters. The largest absolute Gasteiger partial charge is 0.334 e. The zero-order valence-electron chi connectivity index (χ0n) is 17.2. The molecule has 4 heterocycles. The maximum absolute atomic E-state index is 13.0. The number of nitriles is 1. The summed E-state index contributed by atoms with van der Waals surface area (Å²) < 4.78 is 28.4. The van der Waals surface area contributed by atoms with E-state index in [1.165, 1.54) is 4.68 Å². The molecule has 0 bridgehead atoms. The van der Waals surface area contributed by atoms with Gasteiger partial charge in [0.1, 0.15) is 22.0 Å². The molecule has 3 aromatic rings. The Morgan fingerprint density at radius 1 is 1.37 bits per heavy atom. The molecule has 1 N–H and O–H groups in total. The molecule has 1 fully saturated rings. The van der Waals surface area contributed by atoms with Crippen molar-refractivity contribution in [2.75, 3.05) is 25.0 Å². The minimum atomic E-state index is -3.56. The second-order valence-electron chi connectivity index (χ2n) is 7.68. The van der Waals surface area contributed by atoms with E-state index in [0.29, 0.717) is 31.1 Å². The number of sulfone groups is 1. The number of anilines is 2. The van der Waals surface area contributed by atoms with Crippen LogP contribution in [0.3, 0.4) is 0 Å². The van der Waals surface area contributed by atoms with Gasteiger partial charge in [-0.1, -0.05) is 6.92 Å². The van der Waals surface area contributed by atoms with Crippen molar-refractivity contribution in [2.45, 2.75) is 30.4 Å². The third-order valence-electron chi connectivity index (χ3n) is 5.71. The molecule has 0 amide bonds. The number of aromatic nitrogens is 5. The molecule has 1 saturated heterocycles. The van der Waals surface area contributed by atoms with Crippen LogP contribution in [0.5, 0.6) is 0 Å². The van der Waals surface area contributed by atoms with Gasteiger partial charge in [0.2, 0.25) is 0 Å². The molecular weight excluding hydrogens is 404 g/mol. The third-order valence-corrected chi connectivity index (χ3v) is 8.07. The highest BCUT2D eigenvalue weighted by molar-refractivity contribution is 7.92. The van der Waals surface area contributed by atoms with Gasteiger partial charge >= 0.3 is 0 Å². The summed E-state index contributed by atoms with van der Waals surface area (Å²) in [6, 6.07) is 3.94. The predicted molar refractivity (Wildman–Crippen MR) is 113 cm³/mol. The van der Waals surface area contributed by atoms with Gasteiger partial charge in [-0.15, -0.1) is 0 Å². The first-order valence-electron chi connectivity index (χ1n) is 9.67. The standard InChI is InChI=1S/C19H24N8O2S/c1-4-14-9-27(13-30(28,29)19(5-6-20)10-21-11-19)24-18(14)26(3)17-7-16-15(8-22-17)23-12-25(16)2/h7-9,12,21H,4-5,10-11,13H2,1-3H3. The Hall–Kier alpha value is -2.97. The monoisotopic (exact) mass is 428 g/mol. The first-order valence-corrected chi connectivity index (χ1v) is 11.3. The smallest absolute Gasteiger partial charge is 0.179 e. The summed E-state index contributed by atoms with van der Waals surface area (Å²) in [7, 11) is 0.219. The molecule has 0 spiro atoms. The van der Waals surface area contributed by atoms with E-state index in [2.05, 4.69) is 20.4 Å². The van der Waals surface area contributed by atoms with Gasteiger partial charge in [0, 0.05) is 45.0 Å². The Morgan fingerprint density at radius 2 is 2.13 bits per heavy atom. The van der Waals surface area contributed by atoms with Crippen molar-refractivity contribution in [1.29, 1.82) is 5.26 Å². The fourth-order valence-electron chi connectivity index (χ4n) is 3.68. The van der Waals surface area contributed by atoms with Crippen molar-refractivity contribution in [3.63, 3.8) is 0 Å². The number of aryl methyl sites for hydroxylation is 2. The van der Waals surface area contributed by atoms with Crippen LogP contribution in [0.1, 0.15) is 18.9 Å². The average Bonchev–Trinajstić information content (AvgIpc) is 3.26. The Labute approximate surface area is 175 Å². The zero-order chi connectivity index (χ0) is 21.5. The summed E-state index contributed by atoms with van der Waals surface area (Å²) in [6.07, 6.45) is 5.88. The van der Waals surface area contributed by atoms with Gasteiger partial charge in [0.15, 0.2) is 15.7 Å². The van der Waals surface area contributed by atoms with E-state index in [9.17, 15) is 8.42 Å². The molecule has 10 nitrogen and oxygen atoms in total. The molecule has 0 aromatic carbocycles. The number of hydrogen-bond acceptors (Lipinski definition) is 8. The van der Waals surface area contributed by atoms with Crippen molar-refractivity contribution in [3.8, 4) is 6.07 Å². The van der Waals surface area contributed by atoms with Crippen LogP contribution in [-0.2, 0) is 29.2 Å². The second-order valence-corrected chi connectivity index (χ2v) is 10.0. The molecule has 0 atom stereocenters. The van der Waals surface area contributed by atoms with Crippen LogP contribution in [0.4, 0.5) is 11.6 Å². The lowest BCUT2D eigenvalue weighted by Gasteiger charge is -2.39. The molecular formula is C19H24N8O2S. The molecule has 0 aliphatic carbocycles. The van der Waals surface area contributed by atoms with Crippen molar-refractivity contribution in [1.82, 2.24) is 29.6 Å². The molecule has 4 rings (SSSR count). The van der Waals surface area contributed by atoms with Crippen molar-refractivity contribution in [3.05, 3.63) is 30.4 Å². The number of nitrogens with one attached hydrogen (secondary N) is 1. The fourth-order valence-corrected chi connectivity index (χ4v) is 5.36. The summed E-state index contributed by atoms with van der Waals surface area (Å²) in [6.45, 7) is 2.59. The second kappa shape index (κ2) is 7.37. The van der Waals surface area contributed by atoms with Crippen molar-refractivity contribution in [2.24, 2.45) is 7.05 Å². The molecule has 11 heteroatoms. The Morgan fingerprint density at radius 3 is 2.77 bits per heavy atom. The third kappa shape index (κ3) is 3.22. The zero-order valence-corrected chi connectivity index (χ0v) is 18.0. The van der Waals surface area contributed by atoms with Gasteiger partial charge in [-0.05, 0) is 6.42 Å². The number of pyridine rings is 1. The number of nitrogens with zero attached hydrogens (tertiary/aromatic N) is 7. The normalized spacial score (nSPS) is 15.7. The highest BCUT2D eigenvalue weighted by Gasteiger charge is 2.49. The molecule has 0 radical (unpaired) electrons. The van der Waals surface area contributed by atoms with E-state index in [1.54, 1.807) is 18.7 Å². The molecule has 158 valence electrons. The summed E-state index contributed by atoms with van der Waals surface area (Å²) in [5, 5.41) is 16.6. The van der Waals surface area contributed by atoms with Gasteiger partial charge in [0.25, 0.3) is 0 Å². The maximum atomic E-state index is 13.0. The van der Waals surface area contributed by atoms with E-state index in [-0.39, 0.29) is 12.3 Å². The predicted octanol–water partition coefficient (Wildman–Crippen LogP) is 1.12. The van der Waals surface area contributed by atoms with Crippen LogP contribution in [0.15, 0.2) is 24.8 Å². The molecule has 1 aliphatic heterocycles. The van der Waals surface area contributed by atoms with Crippen LogP contribution in [-0.4, -0.2) is 57.6 Å². The van der Waals surface area contributed by atoms with E-state index >= 15 is 0 Å². The van der Waals surface area contributed by atoms with Crippen molar-refractivity contribution < 1.29 is 8.42 Å². The summed E-state index contributed by atoms with van der Waals surface area (Å²) >= 11 is 0. The topological polar surface area (TPSA) is 122 Å². The Kier molecular flexibility index (Phi) is 4.99. The lowest BCUT2D eigenvalue weighted by Crippen LogP contribution is -2.64. The first-order chi connectivity index (χ1) is 14.3. The molecule has 30 heavy (non-hydrogen) atoms. The maximum Gasteiger partial charge on any atom is 0.179 e. The summed E-state index contributed by atoms with van der Waals surface area (Å²) in [4.78, 5) is 10.6. The van der Waals surface area contributed by atoms with E-state index < -0.39 is 14.6 Å². The number of fused-ring (bicyclic) bond motifs is 1. The van der Waals surface area contributed by atoms with Crippen LogP contribution >= 0.6 is 0 Å². The molecule has 0 saturated carbocycles. The number of hydrogen-bond donors (Lipinski definition) is 1. The van der Waals surface area contributed by atoms with Gasteiger partial charge in [-0.25, -0.2) is 18.4 Å². The average molecular weight is 429 g/mol. The van der Waals surface area contributed by atoms with Crippen LogP contribution < -0.4 is 10.2 Å². The van der Waals surface area contributed by atoms with Crippen LogP contribution in [0.2, 0.25) is 0 Å². The van der Waals surface area contributed by atoms with Gasteiger partial charge in [-0.3, -0.25) is 4.68 Å². The van der Waals surface area contributed by atoms with Gasteiger partial charge in [0.05, 0.1) is 30.5 Å². The highest BCUT2D eigenvalue weighted by atomic mass is 32.2. The molecule has 3 aromatic heterocycles. The SMILES string of the molecule is CCc1cn(CS(=O)(=O)C2(CC#N)CNC2)nc1N(C)c1cc2c(cn1)ncn2C. The number of rotatable bonds is 7. The first kappa shape index (κ1) is 20.3. The van der Waals surface area contributed by atoms with Crippen LogP contribution in [0.25, 0.3) is 11.0 Å². The highest BCUT2D eigenvalue weighted by Crippen LogP contribution is 2.30. The minimum absolute atomic E-state index is 0.0222. The van der Waals surface area contributed by atoms with E-state index in [1.807, 2.05) is 42.6 Å². The lowest BCUT2D eigenvalue weighted by atomic mass is 9.99. The summed E-state index contributed by atoms with van der Waals surface area (Å²) in [5.41, 5.74) is 2.67. The fraction of sp³-hybridized carbons (Fsp3) is 0.474. The Balaban J connectivity index is 1.65. The van der Waals surface area contributed by atoms with Gasteiger partial charge in [-0.2, -0.15) is 10.4 Å². The van der Waals surface area contributed by atoms with E-state index in [4.69, 9.17) is 5.26 Å². The van der Waals surface area contributed by atoms with Crippen LogP contribution in [0, 0.1) is 11.3 Å². The summed E-state index contributed by atoms with van der Waals surface area (Å²) in [5.74, 6) is 1.09. The lowest BCUT2D eigenvalue weighted by molar-refractivity contribution is 0.365. The Bertz CT molecular complexity index is 1230. The number of imidazole rings is 1. The molecule has 1 aliphatic rings.